The van der Waals surface area contributed by atoms with Crippen molar-refractivity contribution in [1.82, 2.24) is 5.43 Å². The van der Waals surface area contributed by atoms with Gasteiger partial charge in [0, 0.05) is 0 Å². The summed E-state index contributed by atoms with van der Waals surface area (Å²) in [5.41, 5.74) is 4.40. The van der Waals surface area contributed by atoms with Gasteiger partial charge in [-0.25, -0.2) is 9.82 Å². The topological polar surface area (TPSA) is 47.3 Å². The summed E-state index contributed by atoms with van der Waals surface area (Å²) in [4.78, 5) is 0. The van der Waals surface area contributed by atoms with E-state index in [0.29, 0.717) is 4.47 Å². The second-order valence-corrected chi connectivity index (χ2v) is 5.77. The van der Waals surface area contributed by atoms with Crippen LogP contribution in [0.5, 0.6) is 5.75 Å². The van der Waals surface area contributed by atoms with Crippen LogP contribution < -0.4 is 16.0 Å². The van der Waals surface area contributed by atoms with E-state index in [2.05, 4.69) is 21.4 Å². The lowest BCUT2D eigenvalue weighted by Crippen LogP contribution is -2.29. The first-order valence-corrected chi connectivity index (χ1v) is 7.49. The molecule has 0 aliphatic rings. The SMILES string of the molecule is CC(C)Oc1ccc(C(NN)c2cccc(F)c2Br)cc1. The lowest BCUT2D eigenvalue weighted by molar-refractivity contribution is 0.242. The van der Waals surface area contributed by atoms with Gasteiger partial charge in [-0.3, -0.25) is 5.84 Å². The van der Waals surface area contributed by atoms with Crippen molar-refractivity contribution in [2.75, 3.05) is 0 Å². The number of nitrogens with one attached hydrogen (secondary N) is 1. The number of nitrogens with two attached hydrogens (primary N) is 1. The van der Waals surface area contributed by atoms with Gasteiger partial charge in [-0.05, 0) is 59.1 Å². The van der Waals surface area contributed by atoms with Crippen molar-refractivity contribution in [3.05, 3.63) is 63.9 Å². The maximum Gasteiger partial charge on any atom is 0.137 e. The third-order valence-electron chi connectivity index (χ3n) is 3.04. The molecule has 0 spiro atoms. The third-order valence-corrected chi connectivity index (χ3v) is 3.88. The van der Waals surface area contributed by atoms with Gasteiger partial charge in [0.2, 0.25) is 0 Å². The Hall–Kier alpha value is -1.43. The highest BCUT2D eigenvalue weighted by atomic mass is 79.9. The van der Waals surface area contributed by atoms with E-state index < -0.39 is 0 Å². The molecule has 0 radical (unpaired) electrons. The zero-order chi connectivity index (χ0) is 15.4. The first kappa shape index (κ1) is 15.9. The summed E-state index contributed by atoms with van der Waals surface area (Å²) >= 11 is 3.27. The average Bonchev–Trinajstić information content (AvgIpc) is 2.45. The molecule has 0 aliphatic carbocycles. The van der Waals surface area contributed by atoms with Gasteiger partial charge in [0.05, 0.1) is 16.6 Å². The summed E-state index contributed by atoms with van der Waals surface area (Å²) in [7, 11) is 0. The molecule has 2 aromatic carbocycles. The predicted octanol–water partition coefficient (Wildman–Crippen LogP) is 3.93. The molecule has 112 valence electrons. The van der Waals surface area contributed by atoms with Crippen molar-refractivity contribution in [3.63, 3.8) is 0 Å². The van der Waals surface area contributed by atoms with Gasteiger partial charge in [-0.2, -0.15) is 0 Å². The normalized spacial score (nSPS) is 12.5. The van der Waals surface area contributed by atoms with Crippen LogP contribution in [-0.2, 0) is 0 Å². The Morgan fingerprint density at radius 2 is 1.81 bits per heavy atom. The first-order chi connectivity index (χ1) is 10.0. The summed E-state index contributed by atoms with van der Waals surface area (Å²) in [6, 6.07) is 12.2. The van der Waals surface area contributed by atoms with Gasteiger partial charge in [-0.15, -0.1) is 0 Å². The maximum atomic E-state index is 13.7. The average molecular weight is 353 g/mol. The van der Waals surface area contributed by atoms with Crippen molar-refractivity contribution in [2.24, 2.45) is 5.84 Å². The van der Waals surface area contributed by atoms with Crippen molar-refractivity contribution in [1.29, 1.82) is 0 Å². The number of hydrogen-bond acceptors (Lipinski definition) is 3. The molecule has 0 saturated carbocycles. The van der Waals surface area contributed by atoms with Crippen LogP contribution in [0.2, 0.25) is 0 Å². The number of hydrazine groups is 1. The van der Waals surface area contributed by atoms with E-state index in [9.17, 15) is 4.39 Å². The Labute approximate surface area is 132 Å². The first-order valence-electron chi connectivity index (χ1n) is 6.69. The second-order valence-electron chi connectivity index (χ2n) is 4.98. The van der Waals surface area contributed by atoms with Crippen LogP contribution in [0.3, 0.4) is 0 Å². The molecule has 0 heterocycles. The lowest BCUT2D eigenvalue weighted by atomic mass is 9.99. The minimum atomic E-state index is -0.312. The smallest absolute Gasteiger partial charge is 0.137 e. The largest absolute Gasteiger partial charge is 0.491 e. The van der Waals surface area contributed by atoms with Gasteiger partial charge < -0.3 is 4.74 Å². The lowest BCUT2D eigenvalue weighted by Gasteiger charge is -2.19. The van der Waals surface area contributed by atoms with E-state index >= 15 is 0 Å². The fraction of sp³-hybridized carbons (Fsp3) is 0.250. The van der Waals surface area contributed by atoms with E-state index in [1.54, 1.807) is 6.07 Å². The molecule has 5 heteroatoms. The van der Waals surface area contributed by atoms with E-state index in [-0.39, 0.29) is 18.0 Å². The molecule has 0 aliphatic heterocycles. The minimum absolute atomic E-state index is 0.122. The standard InChI is InChI=1S/C16H18BrFN2O/c1-10(2)21-12-8-6-11(7-9-12)16(20-19)13-4-3-5-14(18)15(13)17/h3-10,16,20H,19H2,1-2H3. The second kappa shape index (κ2) is 7.02. The van der Waals surface area contributed by atoms with Crippen LogP contribution in [0.1, 0.15) is 31.0 Å². The Kier molecular flexibility index (Phi) is 5.33. The number of benzene rings is 2. The number of rotatable bonds is 5. The van der Waals surface area contributed by atoms with Crippen LogP contribution in [-0.4, -0.2) is 6.10 Å². The summed E-state index contributed by atoms with van der Waals surface area (Å²) in [6.07, 6.45) is 0.122. The molecule has 3 nitrogen and oxygen atoms in total. The molecule has 1 unspecified atom stereocenters. The van der Waals surface area contributed by atoms with Gasteiger partial charge in [0.25, 0.3) is 0 Å². The molecule has 0 saturated heterocycles. The summed E-state index contributed by atoms with van der Waals surface area (Å²) in [5, 5.41) is 0. The highest BCUT2D eigenvalue weighted by Crippen LogP contribution is 2.30. The summed E-state index contributed by atoms with van der Waals surface area (Å²) in [5.74, 6) is 6.13. The molecule has 0 amide bonds. The third kappa shape index (κ3) is 3.81. The summed E-state index contributed by atoms with van der Waals surface area (Å²) in [6.45, 7) is 3.95. The molecular formula is C16H18BrFN2O. The van der Waals surface area contributed by atoms with Crippen molar-refractivity contribution < 1.29 is 9.13 Å². The van der Waals surface area contributed by atoms with Crippen LogP contribution in [0, 0.1) is 5.82 Å². The van der Waals surface area contributed by atoms with E-state index in [1.807, 2.05) is 44.2 Å². The Morgan fingerprint density at radius 3 is 2.38 bits per heavy atom. The van der Waals surface area contributed by atoms with Crippen LogP contribution in [0.25, 0.3) is 0 Å². The van der Waals surface area contributed by atoms with Crippen molar-refractivity contribution in [3.8, 4) is 5.75 Å². The highest BCUT2D eigenvalue weighted by molar-refractivity contribution is 9.10. The molecule has 3 N–H and O–H groups in total. The molecule has 0 aromatic heterocycles. The van der Waals surface area contributed by atoms with Gasteiger partial charge in [0.15, 0.2) is 0 Å². The zero-order valence-corrected chi connectivity index (χ0v) is 13.5. The van der Waals surface area contributed by atoms with Gasteiger partial charge >= 0.3 is 0 Å². The monoisotopic (exact) mass is 352 g/mol. The number of halogens is 2. The molecule has 1 atom stereocenters. The van der Waals surface area contributed by atoms with Crippen LogP contribution in [0.4, 0.5) is 4.39 Å². The van der Waals surface area contributed by atoms with Crippen molar-refractivity contribution in [2.45, 2.75) is 26.0 Å². The molecule has 2 aromatic rings. The molecule has 21 heavy (non-hydrogen) atoms. The fourth-order valence-corrected chi connectivity index (χ4v) is 2.61. The van der Waals surface area contributed by atoms with E-state index in [1.165, 1.54) is 6.07 Å². The van der Waals surface area contributed by atoms with E-state index in [4.69, 9.17) is 10.6 Å². The van der Waals surface area contributed by atoms with Crippen LogP contribution >= 0.6 is 15.9 Å². The Morgan fingerprint density at radius 1 is 1.14 bits per heavy atom. The zero-order valence-electron chi connectivity index (χ0n) is 11.9. The fourth-order valence-electron chi connectivity index (χ4n) is 2.12. The molecule has 0 bridgehead atoms. The van der Waals surface area contributed by atoms with Gasteiger partial charge in [0.1, 0.15) is 11.6 Å². The van der Waals surface area contributed by atoms with Gasteiger partial charge in [-0.1, -0.05) is 24.3 Å². The predicted molar refractivity (Wildman–Crippen MR) is 85.5 cm³/mol. The molecule has 0 fully saturated rings. The number of hydrogen-bond donors (Lipinski definition) is 2. The molecular weight excluding hydrogens is 335 g/mol. The Bertz CT molecular complexity index is 602. The highest BCUT2D eigenvalue weighted by Gasteiger charge is 2.17. The Balaban J connectivity index is 2.31. The maximum absolute atomic E-state index is 13.7. The van der Waals surface area contributed by atoms with Crippen molar-refractivity contribution >= 4 is 15.9 Å². The molecule has 2 rings (SSSR count). The minimum Gasteiger partial charge on any atom is -0.491 e. The van der Waals surface area contributed by atoms with E-state index in [0.717, 1.165) is 16.9 Å². The quantitative estimate of drug-likeness (QED) is 0.633. The summed E-state index contributed by atoms with van der Waals surface area (Å²) < 4.78 is 19.7. The number of ether oxygens (including phenoxy) is 1. The van der Waals surface area contributed by atoms with Crippen LogP contribution in [0.15, 0.2) is 46.9 Å².